The summed E-state index contributed by atoms with van der Waals surface area (Å²) in [7, 11) is 1.34. The van der Waals surface area contributed by atoms with Crippen LogP contribution in [-0.2, 0) is 4.74 Å². The average Bonchev–Trinajstić information content (AvgIpc) is 2.68. The van der Waals surface area contributed by atoms with Crippen LogP contribution in [0.3, 0.4) is 0 Å². The van der Waals surface area contributed by atoms with Crippen LogP contribution >= 0.6 is 0 Å². The number of aromatic hydroxyl groups is 1. The monoisotopic (exact) mass is 232 g/mol. The van der Waals surface area contributed by atoms with Gasteiger partial charge in [0.15, 0.2) is 0 Å². The molecule has 0 bridgehead atoms. The van der Waals surface area contributed by atoms with Gasteiger partial charge in [-0.15, -0.1) is 5.10 Å². The molecule has 1 aromatic heterocycles. The van der Waals surface area contributed by atoms with E-state index in [2.05, 4.69) is 9.84 Å². The molecule has 1 N–H and O–H groups in total. The maximum Gasteiger partial charge on any atom is 0.337 e. The molecule has 0 radical (unpaired) electrons. The van der Waals surface area contributed by atoms with Crippen molar-refractivity contribution in [3.8, 4) is 11.6 Å². The number of hydrogen-bond acceptors (Lipinski definition) is 4. The number of ether oxygens (including phenoxy) is 1. The first-order chi connectivity index (χ1) is 8.11. The minimum absolute atomic E-state index is 0.0282. The molecule has 0 saturated carbocycles. The Hall–Kier alpha value is -2.30. The molecule has 0 spiro atoms. The molecular formula is C12H12N2O3. The lowest BCUT2D eigenvalue weighted by Crippen LogP contribution is -2.03. The van der Waals surface area contributed by atoms with Gasteiger partial charge < -0.3 is 9.84 Å². The Bertz CT molecular complexity index is 543. The highest BCUT2D eigenvalue weighted by atomic mass is 16.5. The molecule has 0 saturated heterocycles. The number of aryl methyl sites for hydroxylation is 1. The van der Waals surface area contributed by atoms with Gasteiger partial charge in [-0.05, 0) is 31.2 Å². The smallest absolute Gasteiger partial charge is 0.337 e. The number of rotatable bonds is 2. The molecule has 0 atom stereocenters. The van der Waals surface area contributed by atoms with Gasteiger partial charge in [0, 0.05) is 11.8 Å². The van der Waals surface area contributed by atoms with E-state index < -0.39 is 0 Å². The molecule has 0 aliphatic heterocycles. The number of aromatic nitrogens is 2. The van der Waals surface area contributed by atoms with Gasteiger partial charge >= 0.3 is 5.97 Å². The second-order valence-electron chi connectivity index (χ2n) is 3.59. The largest absolute Gasteiger partial charge is 0.492 e. The third-order valence-electron chi connectivity index (χ3n) is 2.41. The Balaban J connectivity index is 2.35. The molecule has 0 unspecified atom stereocenters. The summed E-state index contributed by atoms with van der Waals surface area (Å²) in [6, 6.07) is 8.35. The molecule has 0 aliphatic carbocycles. The first-order valence-corrected chi connectivity index (χ1v) is 5.06. The molecule has 1 heterocycles. The van der Waals surface area contributed by atoms with Crippen LogP contribution in [0.4, 0.5) is 0 Å². The van der Waals surface area contributed by atoms with Crippen molar-refractivity contribution in [1.82, 2.24) is 9.78 Å². The Morgan fingerprint density at radius 2 is 2.00 bits per heavy atom. The number of carbonyl (C=O) groups excluding carboxylic acids is 1. The zero-order valence-corrected chi connectivity index (χ0v) is 9.54. The lowest BCUT2D eigenvalue weighted by molar-refractivity contribution is 0.0600. The van der Waals surface area contributed by atoms with Gasteiger partial charge in [-0.25, -0.2) is 9.48 Å². The zero-order valence-electron chi connectivity index (χ0n) is 9.54. The van der Waals surface area contributed by atoms with Crippen LogP contribution in [0, 0.1) is 6.92 Å². The Morgan fingerprint density at radius 3 is 2.47 bits per heavy atom. The van der Waals surface area contributed by atoms with Crippen molar-refractivity contribution in [3.63, 3.8) is 0 Å². The molecule has 0 amide bonds. The van der Waals surface area contributed by atoms with Crippen molar-refractivity contribution >= 4 is 5.97 Å². The van der Waals surface area contributed by atoms with Crippen molar-refractivity contribution in [2.75, 3.05) is 7.11 Å². The van der Waals surface area contributed by atoms with Crippen LogP contribution < -0.4 is 0 Å². The third kappa shape index (κ3) is 2.13. The summed E-state index contributed by atoms with van der Waals surface area (Å²) in [6.45, 7) is 1.83. The van der Waals surface area contributed by atoms with E-state index in [1.165, 1.54) is 7.11 Å². The van der Waals surface area contributed by atoms with Crippen molar-refractivity contribution in [1.29, 1.82) is 0 Å². The summed E-state index contributed by atoms with van der Waals surface area (Å²) in [5.41, 5.74) is 2.06. The van der Waals surface area contributed by atoms with Crippen molar-refractivity contribution in [2.24, 2.45) is 0 Å². The van der Waals surface area contributed by atoms with Crippen molar-refractivity contribution in [2.45, 2.75) is 6.92 Å². The van der Waals surface area contributed by atoms with Gasteiger partial charge in [0.05, 0.1) is 18.4 Å². The molecule has 1 aromatic carbocycles. The van der Waals surface area contributed by atoms with Crippen molar-refractivity contribution in [3.05, 3.63) is 41.6 Å². The summed E-state index contributed by atoms with van der Waals surface area (Å²) < 4.78 is 6.20. The first-order valence-electron chi connectivity index (χ1n) is 5.06. The fraction of sp³-hybridized carbons (Fsp3) is 0.167. The van der Waals surface area contributed by atoms with Gasteiger partial charge in [-0.2, -0.15) is 0 Å². The van der Waals surface area contributed by atoms with E-state index in [1.807, 2.05) is 6.92 Å². The predicted octanol–water partition coefficient (Wildman–Crippen LogP) is 1.67. The topological polar surface area (TPSA) is 64.4 Å². The SMILES string of the molecule is COC(=O)c1ccc(-n2nc(O)cc2C)cc1. The molecule has 5 nitrogen and oxygen atoms in total. The number of hydrogen-bond donors (Lipinski definition) is 1. The Labute approximate surface area is 98.3 Å². The number of nitrogens with zero attached hydrogens (tertiary/aromatic N) is 2. The van der Waals surface area contributed by atoms with Gasteiger partial charge in [0.1, 0.15) is 0 Å². The molecule has 5 heteroatoms. The molecular weight excluding hydrogens is 220 g/mol. The number of esters is 1. The van der Waals surface area contributed by atoms with Crippen LogP contribution in [0.15, 0.2) is 30.3 Å². The lowest BCUT2D eigenvalue weighted by atomic mass is 10.2. The van der Waals surface area contributed by atoms with Crippen LogP contribution in [0.25, 0.3) is 5.69 Å². The minimum Gasteiger partial charge on any atom is -0.492 e. The Kier molecular flexibility index (Phi) is 2.82. The quantitative estimate of drug-likeness (QED) is 0.800. The molecule has 88 valence electrons. The van der Waals surface area contributed by atoms with Crippen LogP contribution in [-0.4, -0.2) is 28.0 Å². The normalized spacial score (nSPS) is 10.2. The Morgan fingerprint density at radius 1 is 1.35 bits per heavy atom. The van der Waals surface area contributed by atoms with E-state index in [4.69, 9.17) is 0 Å². The number of carbonyl (C=O) groups is 1. The van der Waals surface area contributed by atoms with E-state index >= 15 is 0 Å². The fourth-order valence-electron chi connectivity index (χ4n) is 1.58. The maximum absolute atomic E-state index is 11.2. The number of benzene rings is 1. The fourth-order valence-corrected chi connectivity index (χ4v) is 1.58. The van der Waals surface area contributed by atoms with Gasteiger partial charge in [0.2, 0.25) is 5.88 Å². The van der Waals surface area contributed by atoms with Crippen LogP contribution in [0.1, 0.15) is 16.1 Å². The van der Waals surface area contributed by atoms with E-state index in [0.717, 1.165) is 11.4 Å². The summed E-state index contributed by atoms with van der Waals surface area (Å²) in [4.78, 5) is 11.2. The maximum atomic E-state index is 11.2. The standard InChI is InChI=1S/C12H12N2O3/c1-8-7-11(15)13-14(8)10-5-3-9(4-6-10)12(16)17-2/h3-7H,1-2H3,(H,13,15). The number of methoxy groups -OCH3 is 1. The van der Waals surface area contributed by atoms with Gasteiger partial charge in [-0.1, -0.05) is 0 Å². The van der Waals surface area contributed by atoms with Crippen LogP contribution in [0.5, 0.6) is 5.88 Å². The summed E-state index contributed by atoms with van der Waals surface area (Å²) >= 11 is 0. The molecule has 17 heavy (non-hydrogen) atoms. The van der Waals surface area contributed by atoms with E-state index in [0.29, 0.717) is 5.56 Å². The third-order valence-corrected chi connectivity index (χ3v) is 2.41. The van der Waals surface area contributed by atoms with E-state index in [1.54, 1.807) is 35.0 Å². The predicted molar refractivity (Wildman–Crippen MR) is 61.3 cm³/mol. The first kappa shape index (κ1) is 11.2. The second-order valence-corrected chi connectivity index (χ2v) is 3.59. The second kappa shape index (κ2) is 4.29. The van der Waals surface area contributed by atoms with Gasteiger partial charge in [0.25, 0.3) is 0 Å². The highest BCUT2D eigenvalue weighted by molar-refractivity contribution is 5.89. The van der Waals surface area contributed by atoms with Gasteiger partial charge in [-0.3, -0.25) is 0 Å². The molecule has 0 fully saturated rings. The summed E-state index contributed by atoms with van der Waals surface area (Å²) in [6.07, 6.45) is 0. The van der Waals surface area contributed by atoms with E-state index in [9.17, 15) is 9.90 Å². The van der Waals surface area contributed by atoms with Crippen LogP contribution in [0.2, 0.25) is 0 Å². The zero-order chi connectivity index (χ0) is 12.4. The summed E-state index contributed by atoms with van der Waals surface area (Å²) in [5.74, 6) is -0.406. The average molecular weight is 232 g/mol. The van der Waals surface area contributed by atoms with Crippen molar-refractivity contribution < 1.29 is 14.6 Å². The summed E-state index contributed by atoms with van der Waals surface area (Å²) in [5, 5.41) is 13.2. The minimum atomic E-state index is -0.378. The molecule has 2 aromatic rings. The molecule has 0 aliphatic rings. The van der Waals surface area contributed by atoms with E-state index in [-0.39, 0.29) is 11.8 Å². The molecule has 2 rings (SSSR count). The lowest BCUT2D eigenvalue weighted by Gasteiger charge is -2.04. The highest BCUT2D eigenvalue weighted by Crippen LogP contribution is 2.16. The highest BCUT2D eigenvalue weighted by Gasteiger charge is 2.07.